The molecule has 0 bridgehead atoms. The van der Waals surface area contributed by atoms with Gasteiger partial charge in [-0.25, -0.2) is 4.98 Å². The highest BCUT2D eigenvalue weighted by molar-refractivity contribution is 9.10. The Morgan fingerprint density at radius 2 is 1.55 bits per heavy atom. The highest BCUT2D eigenvalue weighted by Crippen LogP contribution is 2.34. The number of ether oxygens (including phenoxy) is 2. The van der Waals surface area contributed by atoms with Crippen LogP contribution in [-0.2, 0) is 4.74 Å². The number of nitrogens with one attached hydrogen (secondary N) is 4. The Kier molecular flexibility index (Phi) is 9.20. The van der Waals surface area contributed by atoms with Gasteiger partial charge in [0, 0.05) is 44.2 Å². The maximum atomic E-state index is 13.4. The van der Waals surface area contributed by atoms with Crippen molar-refractivity contribution in [3.8, 4) is 5.75 Å². The molecular formula is C31H31BrN6O4. The summed E-state index contributed by atoms with van der Waals surface area (Å²) in [6, 6.07) is 21.9. The molecule has 10 nitrogen and oxygen atoms in total. The molecule has 1 fully saturated rings. The average Bonchev–Trinajstić information content (AvgIpc) is 3.03. The van der Waals surface area contributed by atoms with E-state index in [1.807, 2.05) is 36.4 Å². The van der Waals surface area contributed by atoms with Crippen molar-refractivity contribution < 1.29 is 19.1 Å². The lowest BCUT2D eigenvalue weighted by atomic mass is 10.1. The number of benzene rings is 3. The van der Waals surface area contributed by atoms with Crippen LogP contribution in [-0.4, -0.2) is 57.3 Å². The van der Waals surface area contributed by atoms with Gasteiger partial charge in [0.25, 0.3) is 11.8 Å². The average molecular weight is 632 g/mol. The molecule has 0 atom stereocenters. The van der Waals surface area contributed by atoms with E-state index in [9.17, 15) is 9.59 Å². The summed E-state index contributed by atoms with van der Waals surface area (Å²) >= 11 is 3.57. The molecule has 0 saturated carbocycles. The number of pyridine rings is 1. The number of aromatic nitrogens is 1. The van der Waals surface area contributed by atoms with Gasteiger partial charge >= 0.3 is 0 Å². The number of methoxy groups -OCH3 is 1. The summed E-state index contributed by atoms with van der Waals surface area (Å²) in [5.74, 6) is 0.630. The molecule has 2 heterocycles. The van der Waals surface area contributed by atoms with E-state index in [4.69, 9.17) is 9.47 Å². The van der Waals surface area contributed by atoms with E-state index in [0.717, 1.165) is 24.5 Å². The molecule has 0 radical (unpaired) electrons. The second-order valence-electron chi connectivity index (χ2n) is 9.41. The summed E-state index contributed by atoms with van der Waals surface area (Å²) in [6.07, 6.45) is 1.68. The van der Waals surface area contributed by atoms with E-state index in [1.165, 1.54) is 0 Å². The topological polar surface area (TPSA) is 117 Å². The van der Waals surface area contributed by atoms with Gasteiger partial charge in [-0.15, -0.1) is 0 Å². The van der Waals surface area contributed by atoms with Crippen LogP contribution in [0.25, 0.3) is 0 Å². The number of nitrogens with zero attached hydrogens (tertiary/aromatic N) is 2. The standard InChI is InChI=1S/C31H31BrN6O4/c1-33-30(39)21-7-3-6-10-25(21)37-31(40)22-8-4-5-9-24(22)35-27-18-29(34-19-23(27)32)36-26-12-11-20(17-28(26)41-2)38-13-15-42-16-14-38/h3-12,17-19H,13-16H2,1-2H3,(H,33,39)(H,37,40)(H2,34,35,36). The van der Waals surface area contributed by atoms with Crippen molar-refractivity contribution in [1.82, 2.24) is 10.3 Å². The number of amides is 2. The van der Waals surface area contributed by atoms with Crippen LogP contribution in [0, 0.1) is 0 Å². The Hall–Kier alpha value is -4.61. The van der Waals surface area contributed by atoms with Gasteiger partial charge in [-0.05, 0) is 52.3 Å². The first-order valence-corrected chi connectivity index (χ1v) is 14.2. The van der Waals surface area contributed by atoms with Crippen molar-refractivity contribution in [3.05, 3.63) is 94.6 Å². The quantitative estimate of drug-likeness (QED) is 0.184. The zero-order valence-corrected chi connectivity index (χ0v) is 24.8. The highest BCUT2D eigenvalue weighted by atomic mass is 79.9. The molecule has 3 aromatic carbocycles. The molecule has 5 rings (SSSR count). The lowest BCUT2D eigenvalue weighted by Gasteiger charge is -2.29. The van der Waals surface area contributed by atoms with Crippen LogP contribution < -0.4 is 30.9 Å². The van der Waals surface area contributed by atoms with E-state index in [2.05, 4.69) is 47.1 Å². The molecule has 0 unspecified atom stereocenters. The van der Waals surface area contributed by atoms with Gasteiger partial charge in [-0.2, -0.15) is 0 Å². The number of halogens is 1. The molecule has 2 amide bonds. The zero-order valence-electron chi connectivity index (χ0n) is 23.2. The van der Waals surface area contributed by atoms with E-state index >= 15 is 0 Å². The van der Waals surface area contributed by atoms with Crippen molar-refractivity contribution in [2.75, 3.05) is 61.3 Å². The van der Waals surface area contributed by atoms with E-state index in [0.29, 0.717) is 57.4 Å². The fourth-order valence-electron chi connectivity index (χ4n) is 4.59. The summed E-state index contributed by atoms with van der Waals surface area (Å²) in [7, 11) is 3.19. The van der Waals surface area contributed by atoms with Gasteiger partial charge in [0.2, 0.25) is 0 Å². The Morgan fingerprint density at radius 1 is 0.857 bits per heavy atom. The van der Waals surface area contributed by atoms with Crippen molar-refractivity contribution in [2.24, 2.45) is 0 Å². The molecule has 11 heteroatoms. The maximum Gasteiger partial charge on any atom is 0.257 e. The minimum Gasteiger partial charge on any atom is -0.494 e. The number of morpholine rings is 1. The van der Waals surface area contributed by atoms with Crippen LogP contribution in [0.4, 0.5) is 34.3 Å². The van der Waals surface area contributed by atoms with Gasteiger partial charge in [-0.3, -0.25) is 9.59 Å². The summed E-state index contributed by atoms with van der Waals surface area (Å²) in [5.41, 5.74) is 4.31. The third kappa shape index (κ3) is 6.64. The summed E-state index contributed by atoms with van der Waals surface area (Å²) < 4.78 is 11.9. The largest absolute Gasteiger partial charge is 0.494 e. The second kappa shape index (κ2) is 13.4. The number of rotatable bonds is 9. The van der Waals surface area contributed by atoms with E-state index in [1.54, 1.807) is 56.8 Å². The molecule has 0 spiro atoms. The van der Waals surface area contributed by atoms with Crippen LogP contribution in [0.5, 0.6) is 5.75 Å². The first kappa shape index (κ1) is 28.9. The number of carbonyl (C=O) groups is 2. The minimum absolute atomic E-state index is 0.287. The lowest BCUT2D eigenvalue weighted by molar-refractivity contribution is 0.0964. The van der Waals surface area contributed by atoms with Crippen LogP contribution in [0.15, 0.2) is 83.5 Å². The fourth-order valence-corrected chi connectivity index (χ4v) is 4.91. The Morgan fingerprint density at radius 3 is 2.26 bits per heavy atom. The van der Waals surface area contributed by atoms with Crippen molar-refractivity contribution >= 4 is 62.0 Å². The molecule has 42 heavy (non-hydrogen) atoms. The molecule has 4 aromatic rings. The normalized spacial score (nSPS) is 12.8. The third-order valence-corrected chi connectivity index (χ3v) is 7.40. The van der Waals surface area contributed by atoms with Crippen LogP contribution >= 0.6 is 15.9 Å². The lowest BCUT2D eigenvalue weighted by Crippen LogP contribution is -2.36. The number of carbonyl (C=O) groups excluding carboxylic acids is 2. The maximum absolute atomic E-state index is 13.4. The second-order valence-corrected chi connectivity index (χ2v) is 10.3. The summed E-state index contributed by atoms with van der Waals surface area (Å²) in [4.78, 5) is 32.4. The minimum atomic E-state index is -0.358. The van der Waals surface area contributed by atoms with Crippen molar-refractivity contribution in [1.29, 1.82) is 0 Å². The Labute approximate surface area is 252 Å². The van der Waals surface area contributed by atoms with Gasteiger partial charge in [-0.1, -0.05) is 24.3 Å². The Bertz CT molecular complexity index is 1590. The predicted molar refractivity (Wildman–Crippen MR) is 169 cm³/mol. The molecule has 0 aliphatic carbocycles. The van der Waals surface area contributed by atoms with Crippen molar-refractivity contribution in [3.63, 3.8) is 0 Å². The summed E-state index contributed by atoms with van der Waals surface area (Å²) in [5, 5.41) is 12.2. The van der Waals surface area contributed by atoms with Gasteiger partial charge in [0.1, 0.15) is 11.6 Å². The highest BCUT2D eigenvalue weighted by Gasteiger charge is 2.17. The number of hydrogen-bond acceptors (Lipinski definition) is 8. The molecule has 1 aliphatic heterocycles. The molecule has 4 N–H and O–H groups in total. The third-order valence-electron chi connectivity index (χ3n) is 6.77. The molecule has 216 valence electrons. The van der Waals surface area contributed by atoms with Crippen LogP contribution in [0.2, 0.25) is 0 Å². The molecule has 1 saturated heterocycles. The first-order valence-electron chi connectivity index (χ1n) is 13.4. The smallest absolute Gasteiger partial charge is 0.257 e. The van der Waals surface area contributed by atoms with E-state index in [-0.39, 0.29) is 11.8 Å². The number of anilines is 6. The van der Waals surface area contributed by atoms with Gasteiger partial charge in [0.05, 0.1) is 58.7 Å². The van der Waals surface area contributed by atoms with Crippen LogP contribution in [0.3, 0.4) is 0 Å². The van der Waals surface area contributed by atoms with Gasteiger partial charge in [0.15, 0.2) is 0 Å². The molecular weight excluding hydrogens is 600 g/mol. The SMILES string of the molecule is CNC(=O)c1ccccc1NC(=O)c1ccccc1Nc1cc(Nc2ccc(N3CCOCC3)cc2OC)ncc1Br. The fraction of sp³-hybridized carbons (Fsp3) is 0.194. The molecule has 1 aromatic heterocycles. The van der Waals surface area contributed by atoms with E-state index < -0.39 is 0 Å². The summed E-state index contributed by atoms with van der Waals surface area (Å²) in [6.45, 7) is 3.07. The zero-order chi connectivity index (χ0) is 29.5. The predicted octanol–water partition coefficient (Wildman–Crippen LogP) is 5.79. The number of para-hydroxylation sites is 2. The Balaban J connectivity index is 1.36. The van der Waals surface area contributed by atoms with Crippen molar-refractivity contribution in [2.45, 2.75) is 0 Å². The van der Waals surface area contributed by atoms with Gasteiger partial charge < -0.3 is 35.6 Å². The molecule has 1 aliphatic rings. The first-order chi connectivity index (χ1) is 20.5. The monoisotopic (exact) mass is 630 g/mol. The van der Waals surface area contributed by atoms with Crippen LogP contribution in [0.1, 0.15) is 20.7 Å². The number of hydrogen-bond donors (Lipinski definition) is 4.